The fourth-order valence-corrected chi connectivity index (χ4v) is 9.58. The molecule has 0 aromatic carbocycles. The van der Waals surface area contributed by atoms with E-state index in [9.17, 15) is 15.0 Å². The van der Waals surface area contributed by atoms with Crippen LogP contribution in [0.5, 0.6) is 0 Å². The highest BCUT2D eigenvalue weighted by atomic mass is 16.5. The number of methoxy groups -OCH3 is 1. The van der Waals surface area contributed by atoms with Gasteiger partial charge in [-0.1, -0.05) is 34.1 Å². The largest absolute Gasteiger partial charge is 0.469 e. The SMILES string of the molecule is CC[C@@H]1C2C[C@H](O)CC[C@]2(C)[C@H]2CC[C@]3(C)[C@@H]([C@H](C)CCC(=O)OC)CC[C@H]3[C@@H]2[C@@H]1O. The second-order valence-corrected chi connectivity index (χ2v) is 12.2. The molecule has 31 heavy (non-hydrogen) atoms. The molecule has 4 saturated carbocycles. The zero-order valence-electron chi connectivity index (χ0n) is 20.5. The van der Waals surface area contributed by atoms with E-state index in [1.54, 1.807) is 0 Å². The van der Waals surface area contributed by atoms with Crippen LogP contribution in [0.2, 0.25) is 0 Å². The molecule has 0 aromatic heterocycles. The number of aliphatic hydroxyl groups is 2. The predicted octanol–water partition coefficient (Wildman–Crippen LogP) is 5.20. The molecule has 0 saturated heterocycles. The van der Waals surface area contributed by atoms with Crippen LogP contribution in [0.4, 0.5) is 0 Å². The van der Waals surface area contributed by atoms with Crippen LogP contribution in [0.25, 0.3) is 0 Å². The minimum Gasteiger partial charge on any atom is -0.469 e. The Morgan fingerprint density at radius 3 is 2.39 bits per heavy atom. The van der Waals surface area contributed by atoms with Gasteiger partial charge in [0.05, 0.1) is 19.3 Å². The lowest BCUT2D eigenvalue weighted by atomic mass is 9.41. The van der Waals surface area contributed by atoms with Crippen molar-refractivity contribution >= 4 is 5.97 Å². The van der Waals surface area contributed by atoms with Gasteiger partial charge in [-0.25, -0.2) is 0 Å². The van der Waals surface area contributed by atoms with Crippen LogP contribution in [0.15, 0.2) is 0 Å². The van der Waals surface area contributed by atoms with Crippen molar-refractivity contribution in [3.63, 3.8) is 0 Å². The zero-order valence-corrected chi connectivity index (χ0v) is 20.5. The van der Waals surface area contributed by atoms with Crippen molar-refractivity contribution in [2.75, 3.05) is 7.11 Å². The second kappa shape index (κ2) is 8.63. The van der Waals surface area contributed by atoms with Gasteiger partial charge in [0.1, 0.15) is 0 Å². The van der Waals surface area contributed by atoms with Gasteiger partial charge in [0.15, 0.2) is 0 Å². The monoisotopic (exact) mass is 434 g/mol. The molecule has 2 N–H and O–H groups in total. The first-order valence-corrected chi connectivity index (χ1v) is 13.1. The summed E-state index contributed by atoms with van der Waals surface area (Å²) in [6, 6.07) is 0. The Morgan fingerprint density at radius 1 is 1.03 bits per heavy atom. The van der Waals surface area contributed by atoms with Crippen LogP contribution in [0.1, 0.15) is 91.9 Å². The molecule has 0 radical (unpaired) electrons. The highest BCUT2D eigenvalue weighted by Gasteiger charge is 2.64. The van der Waals surface area contributed by atoms with Crippen LogP contribution in [0, 0.1) is 52.3 Å². The molecule has 178 valence electrons. The van der Waals surface area contributed by atoms with Crippen LogP contribution < -0.4 is 0 Å². The molecule has 0 amide bonds. The van der Waals surface area contributed by atoms with E-state index in [2.05, 4.69) is 27.7 Å². The summed E-state index contributed by atoms with van der Waals surface area (Å²) in [4.78, 5) is 11.7. The summed E-state index contributed by atoms with van der Waals surface area (Å²) in [5, 5.41) is 22.2. The lowest BCUT2D eigenvalue weighted by molar-refractivity contribution is -0.203. The van der Waals surface area contributed by atoms with Crippen LogP contribution >= 0.6 is 0 Å². The third kappa shape index (κ3) is 3.68. The van der Waals surface area contributed by atoms with Crippen LogP contribution in [0.3, 0.4) is 0 Å². The summed E-state index contributed by atoms with van der Waals surface area (Å²) < 4.78 is 4.88. The quantitative estimate of drug-likeness (QED) is 0.584. The van der Waals surface area contributed by atoms with Crippen molar-refractivity contribution in [1.82, 2.24) is 0 Å². The Kier molecular flexibility index (Phi) is 6.55. The molecule has 1 unspecified atom stereocenters. The summed E-state index contributed by atoms with van der Waals surface area (Å²) in [5.74, 6) is 3.41. The van der Waals surface area contributed by atoms with E-state index in [0.29, 0.717) is 47.8 Å². The molecule has 0 aromatic rings. The Labute approximate surface area is 189 Å². The first-order valence-electron chi connectivity index (χ1n) is 13.1. The number of hydrogen-bond acceptors (Lipinski definition) is 4. The summed E-state index contributed by atoms with van der Waals surface area (Å²) in [6.07, 6.45) is 9.87. The third-order valence-electron chi connectivity index (χ3n) is 11.2. The summed E-state index contributed by atoms with van der Waals surface area (Å²) >= 11 is 0. The van der Waals surface area contributed by atoms with E-state index in [1.807, 2.05) is 0 Å². The second-order valence-electron chi connectivity index (χ2n) is 12.2. The fraction of sp³-hybridized carbons (Fsp3) is 0.963. The number of aliphatic hydroxyl groups excluding tert-OH is 2. The first kappa shape index (κ1) is 23.5. The smallest absolute Gasteiger partial charge is 0.305 e. The van der Waals surface area contributed by atoms with E-state index in [-0.39, 0.29) is 29.0 Å². The predicted molar refractivity (Wildman–Crippen MR) is 122 cm³/mol. The van der Waals surface area contributed by atoms with Crippen molar-refractivity contribution in [2.45, 2.75) is 104 Å². The zero-order chi connectivity index (χ0) is 22.6. The molecule has 4 heteroatoms. The summed E-state index contributed by atoms with van der Waals surface area (Å²) in [7, 11) is 1.48. The van der Waals surface area contributed by atoms with Gasteiger partial charge in [-0.15, -0.1) is 0 Å². The highest BCUT2D eigenvalue weighted by molar-refractivity contribution is 5.69. The Hall–Kier alpha value is -0.610. The van der Waals surface area contributed by atoms with E-state index < -0.39 is 0 Å². The van der Waals surface area contributed by atoms with Gasteiger partial charge >= 0.3 is 5.97 Å². The third-order valence-corrected chi connectivity index (χ3v) is 11.2. The van der Waals surface area contributed by atoms with Gasteiger partial charge in [0, 0.05) is 6.42 Å². The molecule has 0 bridgehead atoms. The fourth-order valence-electron chi connectivity index (χ4n) is 9.58. The maximum absolute atomic E-state index is 11.8. The van der Waals surface area contributed by atoms with E-state index in [0.717, 1.165) is 32.1 Å². The molecule has 0 aliphatic heterocycles. The number of ether oxygens (including phenoxy) is 1. The van der Waals surface area contributed by atoms with Crippen LogP contribution in [-0.2, 0) is 9.53 Å². The van der Waals surface area contributed by atoms with E-state index >= 15 is 0 Å². The van der Waals surface area contributed by atoms with Crippen molar-refractivity contribution in [3.8, 4) is 0 Å². The van der Waals surface area contributed by atoms with Crippen molar-refractivity contribution in [1.29, 1.82) is 0 Å². The summed E-state index contributed by atoms with van der Waals surface area (Å²) in [5.41, 5.74) is 0.535. The number of esters is 1. The van der Waals surface area contributed by atoms with E-state index in [1.165, 1.54) is 32.8 Å². The van der Waals surface area contributed by atoms with Crippen molar-refractivity contribution in [3.05, 3.63) is 0 Å². The van der Waals surface area contributed by atoms with Gasteiger partial charge in [0.2, 0.25) is 0 Å². The van der Waals surface area contributed by atoms with Gasteiger partial charge < -0.3 is 14.9 Å². The average molecular weight is 435 g/mol. The maximum Gasteiger partial charge on any atom is 0.305 e. The maximum atomic E-state index is 11.8. The molecule has 4 rings (SSSR count). The molecule has 4 fully saturated rings. The molecule has 4 aliphatic rings. The van der Waals surface area contributed by atoms with Crippen molar-refractivity contribution < 1.29 is 19.7 Å². The molecular weight excluding hydrogens is 388 g/mol. The normalized spacial score (nSPS) is 50.2. The van der Waals surface area contributed by atoms with Gasteiger partial charge in [-0.2, -0.15) is 0 Å². The lowest BCUT2D eigenvalue weighted by Crippen LogP contribution is -2.62. The molecular formula is C27H46O4. The minimum atomic E-state index is -0.230. The Balaban J connectivity index is 1.58. The number of rotatable bonds is 5. The Morgan fingerprint density at radius 2 is 1.71 bits per heavy atom. The molecule has 11 atom stereocenters. The molecule has 0 spiro atoms. The minimum absolute atomic E-state index is 0.0952. The average Bonchev–Trinajstić information content (AvgIpc) is 3.10. The molecule has 0 heterocycles. The molecule has 4 nitrogen and oxygen atoms in total. The van der Waals surface area contributed by atoms with Gasteiger partial charge in [-0.05, 0) is 104 Å². The topological polar surface area (TPSA) is 66.8 Å². The highest BCUT2D eigenvalue weighted by Crippen LogP contribution is 2.69. The van der Waals surface area contributed by atoms with Crippen molar-refractivity contribution in [2.24, 2.45) is 52.3 Å². The number of carbonyl (C=O) groups excluding carboxylic acids is 1. The van der Waals surface area contributed by atoms with E-state index in [4.69, 9.17) is 4.74 Å². The number of hydrogen-bond donors (Lipinski definition) is 2. The number of carbonyl (C=O) groups is 1. The van der Waals surface area contributed by atoms with Gasteiger partial charge in [-0.3, -0.25) is 4.79 Å². The molecule has 4 aliphatic carbocycles. The number of fused-ring (bicyclic) bond motifs is 5. The standard InChI is InChI=1S/C27H46O4/c1-6-18-22-15-17(28)11-13-27(22,4)21-12-14-26(3)19(16(2)7-10-23(29)31-5)8-9-20(26)24(21)25(18)30/h16-22,24-25,28,30H,6-15H2,1-5H3/t16-,17-,18-,19-,20+,21+,22?,24+,25-,26-,27-/m1/s1. The summed E-state index contributed by atoms with van der Waals surface area (Å²) in [6.45, 7) is 9.58. The van der Waals surface area contributed by atoms with Crippen LogP contribution in [-0.4, -0.2) is 35.5 Å². The lowest BCUT2D eigenvalue weighted by Gasteiger charge is -2.64. The first-order chi connectivity index (χ1) is 14.7. The Bertz CT molecular complexity index is 664. The van der Waals surface area contributed by atoms with Gasteiger partial charge in [0.25, 0.3) is 0 Å².